The molecule has 2 heterocycles. The van der Waals surface area contributed by atoms with Crippen molar-refractivity contribution in [1.82, 2.24) is 20.4 Å². The number of benzene rings is 2. The topological polar surface area (TPSA) is 89.9 Å². The summed E-state index contributed by atoms with van der Waals surface area (Å²) in [6, 6.07) is 17.5. The molecule has 0 saturated carbocycles. The minimum Gasteiger partial charge on any atom is -0.382 e. The van der Waals surface area contributed by atoms with E-state index in [-0.39, 0.29) is 17.7 Å². The third-order valence-electron chi connectivity index (χ3n) is 5.40. The Morgan fingerprint density at radius 2 is 1.71 bits per heavy atom. The van der Waals surface area contributed by atoms with Crippen molar-refractivity contribution >= 4 is 17.6 Å². The van der Waals surface area contributed by atoms with Gasteiger partial charge in [0.15, 0.2) is 17.3 Å². The zero-order valence-corrected chi connectivity index (χ0v) is 20.2. The van der Waals surface area contributed by atoms with Gasteiger partial charge in [-0.1, -0.05) is 48.5 Å². The smallest absolute Gasteiger partial charge is 0.189 e. The number of hydrogen-bond donors (Lipinski definition) is 2. The molecule has 2 aromatic heterocycles. The molecule has 6 nitrogen and oxygen atoms in total. The zero-order chi connectivity index (χ0) is 24.6. The van der Waals surface area contributed by atoms with E-state index in [4.69, 9.17) is 10.3 Å². The van der Waals surface area contributed by atoms with Crippen LogP contribution in [0.25, 0.3) is 34.0 Å². The second kappa shape index (κ2) is 11.9. The van der Waals surface area contributed by atoms with E-state index in [2.05, 4.69) is 20.4 Å². The molecular formula is C26H27F2N5OS. The summed E-state index contributed by atoms with van der Waals surface area (Å²) in [6.45, 7) is 2.24. The average molecular weight is 496 g/mol. The number of thioether (sulfide) groups is 1. The Kier molecular flexibility index (Phi) is 8.44. The van der Waals surface area contributed by atoms with Gasteiger partial charge in [-0.2, -0.15) is 0 Å². The van der Waals surface area contributed by atoms with E-state index >= 15 is 0 Å². The van der Waals surface area contributed by atoms with Crippen LogP contribution in [0.1, 0.15) is 18.9 Å². The van der Waals surface area contributed by atoms with Crippen LogP contribution in [0.5, 0.6) is 0 Å². The molecule has 0 aliphatic rings. The van der Waals surface area contributed by atoms with Crippen molar-refractivity contribution in [1.29, 1.82) is 0 Å². The summed E-state index contributed by atoms with van der Waals surface area (Å²) in [7, 11) is 0. The maximum absolute atomic E-state index is 12.5. The van der Waals surface area contributed by atoms with Gasteiger partial charge in [0.1, 0.15) is 12.4 Å². The van der Waals surface area contributed by atoms with Gasteiger partial charge in [0.25, 0.3) is 0 Å². The van der Waals surface area contributed by atoms with Crippen molar-refractivity contribution in [3.63, 3.8) is 0 Å². The Morgan fingerprint density at radius 3 is 2.43 bits per heavy atom. The maximum atomic E-state index is 12.5. The van der Waals surface area contributed by atoms with Gasteiger partial charge in [-0.25, -0.2) is 14.4 Å². The lowest BCUT2D eigenvalue weighted by molar-refractivity contribution is 0.434. The molecular weight excluding hydrogens is 468 g/mol. The van der Waals surface area contributed by atoms with Crippen LogP contribution in [0.15, 0.2) is 70.2 Å². The minimum atomic E-state index is -0.391. The predicted octanol–water partition coefficient (Wildman–Crippen LogP) is 5.95. The summed E-state index contributed by atoms with van der Waals surface area (Å²) < 4.78 is 30.3. The van der Waals surface area contributed by atoms with Crippen molar-refractivity contribution in [3.05, 3.63) is 66.4 Å². The van der Waals surface area contributed by atoms with E-state index in [1.54, 1.807) is 24.0 Å². The lowest BCUT2D eigenvalue weighted by Crippen LogP contribution is -2.15. The summed E-state index contributed by atoms with van der Waals surface area (Å²) in [5.41, 5.74) is 10.7. The highest BCUT2D eigenvalue weighted by molar-refractivity contribution is 7.99. The van der Waals surface area contributed by atoms with Gasteiger partial charge in [0, 0.05) is 40.4 Å². The zero-order valence-electron chi connectivity index (χ0n) is 19.4. The number of hydrogen-bond acceptors (Lipinski definition) is 7. The highest BCUT2D eigenvalue weighted by Gasteiger charge is 2.15. The first-order valence-electron chi connectivity index (χ1n) is 11.4. The van der Waals surface area contributed by atoms with Crippen LogP contribution in [0.4, 0.5) is 14.6 Å². The highest BCUT2D eigenvalue weighted by atomic mass is 32.2. The average Bonchev–Trinajstić information content (AvgIpc) is 3.36. The highest BCUT2D eigenvalue weighted by Crippen LogP contribution is 2.31. The Morgan fingerprint density at radius 1 is 1.00 bits per heavy atom. The molecule has 0 spiro atoms. The van der Waals surface area contributed by atoms with Gasteiger partial charge >= 0.3 is 0 Å². The number of nitrogens with two attached hydrogens (primary N) is 1. The van der Waals surface area contributed by atoms with Gasteiger partial charge < -0.3 is 15.6 Å². The molecule has 0 amide bonds. The molecule has 0 radical (unpaired) electrons. The van der Waals surface area contributed by atoms with Crippen LogP contribution in [-0.2, 0) is 6.54 Å². The molecule has 4 aromatic rings. The molecule has 9 heteroatoms. The third-order valence-corrected chi connectivity index (χ3v) is 6.58. The lowest BCUT2D eigenvalue weighted by Gasteiger charge is -2.09. The molecule has 1 atom stereocenters. The normalized spacial score (nSPS) is 12.1. The van der Waals surface area contributed by atoms with Crippen LogP contribution in [0, 0.1) is 0 Å². The molecule has 182 valence electrons. The molecule has 0 aliphatic carbocycles. The second-order valence-electron chi connectivity index (χ2n) is 8.06. The molecule has 4 rings (SSSR count). The number of halogens is 2. The van der Waals surface area contributed by atoms with Gasteiger partial charge in [-0.15, -0.1) is 11.8 Å². The number of rotatable bonds is 11. The molecule has 1 unspecified atom stereocenters. The summed E-state index contributed by atoms with van der Waals surface area (Å²) in [5.74, 6) is 0.672. The first-order chi connectivity index (χ1) is 17.1. The molecule has 35 heavy (non-hydrogen) atoms. The molecule has 0 bridgehead atoms. The fourth-order valence-electron chi connectivity index (χ4n) is 3.48. The van der Waals surface area contributed by atoms with Gasteiger partial charge in [0.05, 0.1) is 18.6 Å². The fraction of sp³-hybridized carbons (Fsp3) is 0.269. The number of nitrogen functional groups attached to an aromatic ring is 1. The van der Waals surface area contributed by atoms with Crippen molar-refractivity contribution in [3.8, 4) is 34.0 Å². The summed E-state index contributed by atoms with van der Waals surface area (Å²) in [6.07, 6.45) is 2.15. The molecule has 0 saturated heterocycles. The lowest BCUT2D eigenvalue weighted by atomic mass is 10.1. The largest absolute Gasteiger partial charge is 0.382 e. The van der Waals surface area contributed by atoms with Gasteiger partial charge in [0.2, 0.25) is 0 Å². The first-order valence-corrected chi connectivity index (χ1v) is 12.2. The number of nitrogens with zero attached hydrogens (tertiary/aromatic N) is 3. The molecule has 2 aromatic carbocycles. The quantitative estimate of drug-likeness (QED) is 0.196. The Bertz CT molecular complexity index is 1230. The summed E-state index contributed by atoms with van der Waals surface area (Å²) in [5, 5.41) is 7.41. The van der Waals surface area contributed by atoms with Crippen LogP contribution in [0.3, 0.4) is 0 Å². The number of nitrogens with one attached hydrogen (secondary N) is 1. The Balaban J connectivity index is 1.51. The van der Waals surface area contributed by atoms with Crippen LogP contribution in [0.2, 0.25) is 0 Å². The molecule has 0 aliphatic heterocycles. The van der Waals surface area contributed by atoms with E-state index < -0.39 is 6.67 Å². The first kappa shape index (κ1) is 24.8. The van der Waals surface area contributed by atoms with Crippen molar-refractivity contribution in [2.24, 2.45) is 0 Å². The van der Waals surface area contributed by atoms with Crippen LogP contribution >= 0.6 is 11.8 Å². The van der Waals surface area contributed by atoms with Crippen molar-refractivity contribution < 1.29 is 13.3 Å². The SMILES string of the molecule is CC(CCF)Sc1ccc(-c2cnc(N)c(-c3cc(-c4ccc(CNCCF)cc4)no3)n2)cc1. The standard InChI is InChI=1S/C26H27F2N5OS/c1-17(10-11-27)35-21-8-6-20(7-9-21)23-16-31-26(29)25(32-23)24-14-22(33-34-24)19-4-2-18(3-5-19)15-30-13-12-28/h2-9,14,16-17,30H,10-13,15H2,1H3,(H2,29,31). The van der Waals surface area contributed by atoms with E-state index in [0.717, 1.165) is 21.6 Å². The van der Waals surface area contributed by atoms with E-state index in [1.165, 1.54) is 0 Å². The monoisotopic (exact) mass is 495 g/mol. The van der Waals surface area contributed by atoms with Crippen LogP contribution in [-0.4, -0.2) is 40.3 Å². The van der Waals surface area contributed by atoms with E-state index in [0.29, 0.717) is 42.4 Å². The summed E-state index contributed by atoms with van der Waals surface area (Å²) >= 11 is 1.64. The second-order valence-corrected chi connectivity index (χ2v) is 9.57. The van der Waals surface area contributed by atoms with E-state index in [1.807, 2.05) is 55.5 Å². The predicted molar refractivity (Wildman–Crippen MR) is 136 cm³/mol. The van der Waals surface area contributed by atoms with Gasteiger partial charge in [-0.3, -0.25) is 4.39 Å². The molecule has 0 fully saturated rings. The third kappa shape index (κ3) is 6.43. The van der Waals surface area contributed by atoms with Crippen molar-refractivity contribution in [2.45, 2.75) is 30.0 Å². The van der Waals surface area contributed by atoms with E-state index in [9.17, 15) is 8.78 Å². The maximum Gasteiger partial charge on any atom is 0.189 e. The Labute approximate surface area is 207 Å². The van der Waals surface area contributed by atoms with Crippen molar-refractivity contribution in [2.75, 3.05) is 25.6 Å². The minimum absolute atomic E-state index is 0.212. The Hall–Kier alpha value is -3.30. The number of alkyl halides is 2. The molecule has 3 N–H and O–H groups in total. The van der Waals surface area contributed by atoms with Crippen LogP contribution < -0.4 is 11.1 Å². The van der Waals surface area contributed by atoms with Gasteiger partial charge in [-0.05, 0) is 24.1 Å². The fourth-order valence-corrected chi connectivity index (χ4v) is 4.45. The number of anilines is 1. The summed E-state index contributed by atoms with van der Waals surface area (Å²) in [4.78, 5) is 10.1. The number of aromatic nitrogens is 3.